The molecule has 5 nitrogen and oxygen atoms in total. The summed E-state index contributed by atoms with van der Waals surface area (Å²) in [4.78, 5) is 20.6. The summed E-state index contributed by atoms with van der Waals surface area (Å²) in [5, 5.41) is 12.5. The summed E-state index contributed by atoms with van der Waals surface area (Å²) in [7, 11) is 0. The van der Waals surface area contributed by atoms with E-state index in [0.29, 0.717) is 23.0 Å². The quantitative estimate of drug-likeness (QED) is 0.199. The van der Waals surface area contributed by atoms with Crippen molar-refractivity contribution >= 4 is 32.3 Å². The van der Waals surface area contributed by atoms with E-state index in [1.807, 2.05) is 127 Å². The van der Waals surface area contributed by atoms with E-state index in [1.54, 1.807) is 11.3 Å². The maximum atomic E-state index is 10.6. The molecule has 8 aromatic rings. The number of aromatic nitrogens is 4. The van der Waals surface area contributed by atoms with E-state index in [1.165, 1.54) is 0 Å². The molecule has 0 amide bonds. The van der Waals surface area contributed by atoms with Crippen LogP contribution in [0.25, 0.3) is 76.9 Å². The molecule has 0 atom stereocenters. The van der Waals surface area contributed by atoms with Crippen molar-refractivity contribution in [2.45, 2.75) is 0 Å². The molecule has 0 saturated heterocycles. The van der Waals surface area contributed by atoms with Gasteiger partial charge in [0.1, 0.15) is 6.07 Å². The molecule has 0 aliphatic heterocycles. The summed E-state index contributed by atoms with van der Waals surface area (Å²) < 4.78 is 1.05. The fourth-order valence-electron chi connectivity index (χ4n) is 5.64. The van der Waals surface area contributed by atoms with Crippen molar-refractivity contribution in [1.82, 2.24) is 19.9 Å². The lowest BCUT2D eigenvalue weighted by Crippen LogP contribution is -2.00. The summed E-state index contributed by atoms with van der Waals surface area (Å²) in [5.74, 6) is 1.78. The molecule has 8 rings (SSSR count). The van der Waals surface area contributed by atoms with E-state index in [2.05, 4.69) is 18.2 Å². The molecule has 0 unspecified atom stereocenters. The lowest BCUT2D eigenvalue weighted by molar-refractivity contribution is 1.07. The maximum Gasteiger partial charge on any atom is 0.164 e. The van der Waals surface area contributed by atoms with E-state index in [0.717, 1.165) is 59.4 Å². The molecule has 3 heterocycles. The maximum absolute atomic E-state index is 10.6. The molecule has 0 spiro atoms. The van der Waals surface area contributed by atoms with Crippen LogP contribution in [0, 0.1) is 11.3 Å². The highest BCUT2D eigenvalue weighted by Gasteiger charge is 2.22. The Hall–Kier alpha value is -6.03. The van der Waals surface area contributed by atoms with Gasteiger partial charge in [-0.25, -0.2) is 19.9 Å². The lowest BCUT2D eigenvalue weighted by Gasteiger charge is -2.09. The van der Waals surface area contributed by atoms with Crippen LogP contribution in [0.15, 0.2) is 140 Å². The van der Waals surface area contributed by atoms with Gasteiger partial charge in [-0.15, -0.1) is 11.3 Å². The van der Waals surface area contributed by atoms with Gasteiger partial charge < -0.3 is 0 Å². The minimum absolute atomic E-state index is 0.571. The average molecular weight is 594 g/mol. The number of rotatable bonds is 5. The van der Waals surface area contributed by atoms with Crippen LogP contribution in [0.3, 0.4) is 0 Å². The van der Waals surface area contributed by atoms with Gasteiger partial charge in [0.15, 0.2) is 17.5 Å². The van der Waals surface area contributed by atoms with E-state index in [-0.39, 0.29) is 0 Å². The van der Waals surface area contributed by atoms with Crippen LogP contribution in [0.4, 0.5) is 0 Å². The summed E-state index contributed by atoms with van der Waals surface area (Å²) in [6.45, 7) is 0. The van der Waals surface area contributed by atoms with Crippen molar-refractivity contribution in [1.29, 1.82) is 5.26 Å². The van der Waals surface area contributed by atoms with Gasteiger partial charge in [0, 0.05) is 37.7 Å². The largest absolute Gasteiger partial charge is 0.247 e. The standard InChI is InChI=1S/C39H23N5S/c40-24-31-33-34(25-13-4-1-5-14-25)41-32-22-11-10-21-30(32)36(33)45-35(31)28-19-12-20-29(23-28)39-43-37(26-15-6-2-7-16-26)42-38(44-39)27-17-8-3-9-18-27/h1-23H. The fraction of sp³-hybridized carbons (Fsp3) is 0. The molecule has 0 N–H and O–H groups in total. The molecule has 0 saturated carbocycles. The van der Waals surface area contributed by atoms with Crippen LogP contribution in [0.5, 0.6) is 0 Å². The zero-order valence-corrected chi connectivity index (χ0v) is 24.7. The predicted octanol–water partition coefficient (Wildman–Crippen LogP) is 9.84. The van der Waals surface area contributed by atoms with E-state index in [9.17, 15) is 5.26 Å². The highest BCUT2D eigenvalue weighted by atomic mass is 32.1. The molecule has 0 bridgehead atoms. The number of benzene rings is 5. The van der Waals surface area contributed by atoms with Gasteiger partial charge in [-0.2, -0.15) is 5.26 Å². The van der Waals surface area contributed by atoms with Gasteiger partial charge >= 0.3 is 0 Å². The van der Waals surface area contributed by atoms with Crippen LogP contribution in [0.2, 0.25) is 0 Å². The number of hydrogen-bond acceptors (Lipinski definition) is 6. The number of pyridine rings is 1. The summed E-state index contributed by atoms with van der Waals surface area (Å²) in [6.07, 6.45) is 0. The van der Waals surface area contributed by atoms with Crippen molar-refractivity contribution in [2.24, 2.45) is 0 Å². The molecule has 6 heteroatoms. The van der Waals surface area contributed by atoms with Gasteiger partial charge in [0.25, 0.3) is 0 Å². The summed E-state index contributed by atoms with van der Waals surface area (Å²) >= 11 is 1.63. The fourth-order valence-corrected chi connectivity index (χ4v) is 6.92. The SMILES string of the molecule is N#Cc1c(-c2cccc(-c3nc(-c4ccccc4)nc(-c4ccccc4)n3)c2)sc2c1c(-c1ccccc1)nc1ccccc12. The van der Waals surface area contributed by atoms with Gasteiger partial charge in [0.05, 0.1) is 21.7 Å². The predicted molar refractivity (Wildman–Crippen MR) is 182 cm³/mol. The van der Waals surface area contributed by atoms with Gasteiger partial charge in [-0.1, -0.05) is 127 Å². The first-order chi connectivity index (χ1) is 22.3. The van der Waals surface area contributed by atoms with Crippen LogP contribution in [0.1, 0.15) is 5.56 Å². The molecule has 5 aromatic carbocycles. The van der Waals surface area contributed by atoms with Gasteiger partial charge in [-0.3, -0.25) is 0 Å². The lowest BCUT2D eigenvalue weighted by atomic mass is 9.99. The van der Waals surface area contributed by atoms with Crippen molar-refractivity contribution in [3.8, 4) is 61.9 Å². The van der Waals surface area contributed by atoms with Crippen molar-refractivity contribution in [2.75, 3.05) is 0 Å². The zero-order valence-electron chi connectivity index (χ0n) is 23.9. The third kappa shape index (κ3) is 4.82. The van der Waals surface area contributed by atoms with Crippen molar-refractivity contribution in [3.05, 3.63) is 145 Å². The first-order valence-electron chi connectivity index (χ1n) is 14.6. The minimum atomic E-state index is 0.571. The number of nitriles is 1. The first kappa shape index (κ1) is 26.6. The molecule has 0 aliphatic rings. The van der Waals surface area contributed by atoms with Crippen LogP contribution >= 0.6 is 11.3 Å². The average Bonchev–Trinajstić information content (AvgIpc) is 3.52. The Kier molecular flexibility index (Phi) is 6.64. The van der Waals surface area contributed by atoms with Crippen LogP contribution in [-0.4, -0.2) is 19.9 Å². The Bertz CT molecular complexity index is 2320. The molecule has 3 aromatic heterocycles. The molecular formula is C39H23N5S. The van der Waals surface area contributed by atoms with Crippen molar-refractivity contribution in [3.63, 3.8) is 0 Å². The second-order valence-corrected chi connectivity index (χ2v) is 11.6. The van der Waals surface area contributed by atoms with Crippen molar-refractivity contribution < 1.29 is 0 Å². The molecule has 210 valence electrons. The summed E-state index contributed by atoms with van der Waals surface area (Å²) in [6, 6.07) is 48.8. The molecule has 45 heavy (non-hydrogen) atoms. The third-order valence-electron chi connectivity index (χ3n) is 7.77. The van der Waals surface area contributed by atoms with E-state index < -0.39 is 0 Å². The Balaban J connectivity index is 1.34. The first-order valence-corrected chi connectivity index (χ1v) is 15.4. The number of hydrogen-bond donors (Lipinski definition) is 0. The number of nitrogens with zero attached hydrogens (tertiary/aromatic N) is 5. The Morgan fingerprint density at radius 3 is 1.62 bits per heavy atom. The number of thiophene rings is 1. The topological polar surface area (TPSA) is 75.3 Å². The minimum Gasteiger partial charge on any atom is -0.247 e. The molecular weight excluding hydrogens is 571 g/mol. The van der Waals surface area contributed by atoms with Gasteiger partial charge in [0.2, 0.25) is 0 Å². The number of para-hydroxylation sites is 1. The second kappa shape index (κ2) is 11.2. The Morgan fingerprint density at radius 2 is 1.00 bits per heavy atom. The van der Waals surface area contributed by atoms with Crippen LogP contribution < -0.4 is 0 Å². The van der Waals surface area contributed by atoms with E-state index in [4.69, 9.17) is 19.9 Å². The van der Waals surface area contributed by atoms with E-state index >= 15 is 0 Å². The summed E-state index contributed by atoms with van der Waals surface area (Å²) in [5.41, 5.74) is 6.93. The molecule has 0 radical (unpaired) electrons. The zero-order chi connectivity index (χ0) is 30.2. The Labute approximate surface area is 263 Å². The second-order valence-electron chi connectivity index (χ2n) is 10.6. The third-order valence-corrected chi connectivity index (χ3v) is 9.04. The number of fused-ring (bicyclic) bond motifs is 3. The molecule has 0 aliphatic carbocycles. The highest BCUT2D eigenvalue weighted by Crippen LogP contribution is 2.45. The van der Waals surface area contributed by atoms with Gasteiger partial charge in [-0.05, 0) is 17.7 Å². The monoisotopic (exact) mass is 593 g/mol. The molecule has 0 fully saturated rings. The van der Waals surface area contributed by atoms with Crippen LogP contribution in [-0.2, 0) is 0 Å². The smallest absolute Gasteiger partial charge is 0.164 e. The highest BCUT2D eigenvalue weighted by molar-refractivity contribution is 7.23. The Morgan fingerprint density at radius 1 is 0.489 bits per heavy atom. The normalized spacial score (nSPS) is 11.1.